The maximum absolute atomic E-state index is 5.89. The normalized spacial score (nSPS) is 13.1. The molecule has 6 heteroatoms. The Morgan fingerprint density at radius 2 is 2.32 bits per heavy atom. The van der Waals surface area contributed by atoms with Gasteiger partial charge in [-0.3, -0.25) is 0 Å². The SMILES string of the molecule is CSCCC(C)n1c(CCCl)nc2cc(Br)cnc21. The van der Waals surface area contributed by atoms with Crippen molar-refractivity contribution >= 4 is 50.5 Å². The van der Waals surface area contributed by atoms with Gasteiger partial charge in [-0.15, -0.1) is 11.6 Å². The molecule has 0 saturated carbocycles. The average Bonchev–Trinajstić information content (AvgIpc) is 2.73. The third-order valence-electron chi connectivity index (χ3n) is 3.07. The molecule has 0 spiro atoms. The van der Waals surface area contributed by atoms with E-state index in [9.17, 15) is 0 Å². The molecular weight excluding hydrogens is 346 g/mol. The molecule has 2 aromatic rings. The van der Waals surface area contributed by atoms with Gasteiger partial charge in [-0.25, -0.2) is 9.97 Å². The van der Waals surface area contributed by atoms with Gasteiger partial charge in [0.1, 0.15) is 11.3 Å². The third kappa shape index (κ3) is 3.44. The van der Waals surface area contributed by atoms with Gasteiger partial charge in [0.25, 0.3) is 0 Å². The van der Waals surface area contributed by atoms with E-state index >= 15 is 0 Å². The number of pyridine rings is 1. The van der Waals surface area contributed by atoms with Crippen LogP contribution in [0, 0.1) is 0 Å². The number of hydrogen-bond acceptors (Lipinski definition) is 3. The molecule has 19 heavy (non-hydrogen) atoms. The highest BCUT2D eigenvalue weighted by atomic mass is 79.9. The van der Waals surface area contributed by atoms with E-state index in [2.05, 4.69) is 43.6 Å². The molecule has 1 unspecified atom stereocenters. The number of alkyl halides is 1. The van der Waals surface area contributed by atoms with Crippen LogP contribution < -0.4 is 0 Å². The number of nitrogens with zero attached hydrogens (tertiary/aromatic N) is 3. The number of hydrogen-bond donors (Lipinski definition) is 0. The molecule has 0 radical (unpaired) electrons. The Kier molecular flexibility index (Phi) is 5.54. The minimum absolute atomic E-state index is 0.393. The predicted molar refractivity (Wildman–Crippen MR) is 87.4 cm³/mol. The monoisotopic (exact) mass is 361 g/mol. The second-order valence-corrected chi connectivity index (χ2v) is 6.74. The van der Waals surface area contributed by atoms with Crippen molar-refractivity contribution in [2.24, 2.45) is 0 Å². The van der Waals surface area contributed by atoms with Gasteiger partial charge in [0.2, 0.25) is 0 Å². The molecular formula is C13H17BrClN3S. The van der Waals surface area contributed by atoms with Crippen molar-refractivity contribution in [2.45, 2.75) is 25.8 Å². The molecule has 0 bridgehead atoms. The van der Waals surface area contributed by atoms with Gasteiger partial charge in [-0.05, 0) is 47.3 Å². The topological polar surface area (TPSA) is 30.7 Å². The van der Waals surface area contributed by atoms with Gasteiger partial charge in [0.05, 0.1) is 0 Å². The van der Waals surface area contributed by atoms with Crippen LogP contribution in [-0.2, 0) is 6.42 Å². The van der Waals surface area contributed by atoms with Crippen molar-refractivity contribution in [1.29, 1.82) is 0 Å². The number of thioether (sulfide) groups is 1. The van der Waals surface area contributed by atoms with Crippen molar-refractivity contribution in [2.75, 3.05) is 17.9 Å². The summed E-state index contributed by atoms with van der Waals surface area (Å²) in [4.78, 5) is 9.19. The maximum atomic E-state index is 5.89. The fourth-order valence-electron chi connectivity index (χ4n) is 2.15. The highest BCUT2D eigenvalue weighted by molar-refractivity contribution is 9.10. The highest BCUT2D eigenvalue weighted by Crippen LogP contribution is 2.25. The second-order valence-electron chi connectivity index (χ2n) is 4.46. The molecule has 0 saturated heterocycles. The lowest BCUT2D eigenvalue weighted by Crippen LogP contribution is -2.11. The number of halogens is 2. The Balaban J connectivity index is 2.45. The van der Waals surface area contributed by atoms with Crippen LogP contribution in [0.5, 0.6) is 0 Å². The van der Waals surface area contributed by atoms with E-state index in [-0.39, 0.29) is 0 Å². The lowest BCUT2D eigenvalue weighted by Gasteiger charge is -2.16. The molecule has 0 amide bonds. The van der Waals surface area contributed by atoms with Crippen LogP contribution in [0.4, 0.5) is 0 Å². The molecule has 2 heterocycles. The van der Waals surface area contributed by atoms with Crippen molar-refractivity contribution in [3.05, 3.63) is 22.6 Å². The molecule has 104 valence electrons. The maximum Gasteiger partial charge on any atom is 0.160 e. The Labute approximate surface area is 131 Å². The first-order valence-electron chi connectivity index (χ1n) is 6.24. The van der Waals surface area contributed by atoms with E-state index in [1.165, 1.54) is 0 Å². The van der Waals surface area contributed by atoms with Gasteiger partial charge in [0, 0.05) is 29.0 Å². The summed E-state index contributed by atoms with van der Waals surface area (Å²) >= 11 is 11.2. The van der Waals surface area contributed by atoms with Crippen molar-refractivity contribution in [1.82, 2.24) is 14.5 Å². The number of rotatable bonds is 6. The quantitative estimate of drug-likeness (QED) is 0.718. The fourth-order valence-corrected chi connectivity index (χ4v) is 3.21. The van der Waals surface area contributed by atoms with Crippen LogP contribution in [0.25, 0.3) is 11.2 Å². The molecule has 3 nitrogen and oxygen atoms in total. The number of imidazole rings is 1. The van der Waals surface area contributed by atoms with Gasteiger partial charge in [0.15, 0.2) is 5.65 Å². The fraction of sp³-hybridized carbons (Fsp3) is 0.538. The molecule has 0 N–H and O–H groups in total. The van der Waals surface area contributed by atoms with Crippen LogP contribution >= 0.6 is 39.3 Å². The number of fused-ring (bicyclic) bond motifs is 1. The molecule has 2 rings (SSSR count). The molecule has 1 atom stereocenters. The van der Waals surface area contributed by atoms with E-state index in [1.807, 2.05) is 24.0 Å². The Hall–Kier alpha value is -0.260. The van der Waals surface area contributed by atoms with E-state index in [0.29, 0.717) is 11.9 Å². The number of aromatic nitrogens is 3. The van der Waals surface area contributed by atoms with Crippen LogP contribution in [0.3, 0.4) is 0 Å². The second kappa shape index (κ2) is 6.95. The Morgan fingerprint density at radius 1 is 1.53 bits per heavy atom. The molecule has 0 aliphatic carbocycles. The van der Waals surface area contributed by atoms with E-state index < -0.39 is 0 Å². The van der Waals surface area contributed by atoms with E-state index in [4.69, 9.17) is 11.6 Å². The summed E-state index contributed by atoms with van der Waals surface area (Å²) in [7, 11) is 0. The van der Waals surface area contributed by atoms with Crippen LogP contribution in [0.15, 0.2) is 16.7 Å². The first-order valence-corrected chi connectivity index (χ1v) is 8.96. The first kappa shape index (κ1) is 15.1. The lowest BCUT2D eigenvalue weighted by atomic mass is 10.2. The molecule has 2 aromatic heterocycles. The molecule has 0 aliphatic heterocycles. The lowest BCUT2D eigenvalue weighted by molar-refractivity contribution is 0.525. The zero-order chi connectivity index (χ0) is 13.8. The standard InChI is InChI=1S/C13H17BrClN3S/c1-9(4-6-19-2)18-12(3-5-15)17-11-7-10(14)8-16-13(11)18/h7-9H,3-6H2,1-2H3. The van der Waals surface area contributed by atoms with Crippen molar-refractivity contribution in [3.8, 4) is 0 Å². The van der Waals surface area contributed by atoms with E-state index in [1.54, 1.807) is 0 Å². The van der Waals surface area contributed by atoms with Crippen LogP contribution in [0.2, 0.25) is 0 Å². The van der Waals surface area contributed by atoms with Crippen molar-refractivity contribution in [3.63, 3.8) is 0 Å². The van der Waals surface area contributed by atoms with Crippen molar-refractivity contribution < 1.29 is 0 Å². The first-order chi connectivity index (χ1) is 9.17. The van der Waals surface area contributed by atoms with E-state index in [0.717, 1.165) is 40.1 Å². The largest absolute Gasteiger partial charge is 0.310 e. The summed E-state index contributed by atoms with van der Waals surface area (Å²) in [5, 5.41) is 0. The minimum Gasteiger partial charge on any atom is -0.310 e. The molecule has 0 fully saturated rings. The zero-order valence-corrected chi connectivity index (χ0v) is 14.2. The minimum atomic E-state index is 0.393. The Bertz CT molecular complexity index is 558. The Morgan fingerprint density at radius 3 is 3.00 bits per heavy atom. The summed E-state index contributed by atoms with van der Waals surface area (Å²) in [5.74, 6) is 2.75. The summed E-state index contributed by atoms with van der Waals surface area (Å²) in [6, 6.07) is 2.40. The average molecular weight is 363 g/mol. The van der Waals surface area contributed by atoms with Gasteiger partial charge in [-0.1, -0.05) is 0 Å². The molecule has 0 aromatic carbocycles. The van der Waals surface area contributed by atoms with Gasteiger partial charge in [-0.2, -0.15) is 11.8 Å². The molecule has 0 aliphatic rings. The smallest absolute Gasteiger partial charge is 0.160 e. The number of aryl methyl sites for hydroxylation is 1. The predicted octanol–water partition coefficient (Wildman–Crippen LogP) is 4.29. The third-order valence-corrected chi connectivity index (χ3v) is 4.33. The van der Waals surface area contributed by atoms with Crippen LogP contribution in [-0.4, -0.2) is 32.4 Å². The zero-order valence-electron chi connectivity index (χ0n) is 11.1. The summed E-state index contributed by atoms with van der Waals surface area (Å²) in [5.41, 5.74) is 1.89. The van der Waals surface area contributed by atoms with Crippen LogP contribution in [0.1, 0.15) is 25.2 Å². The summed E-state index contributed by atoms with van der Waals surface area (Å²) in [6.45, 7) is 2.22. The summed E-state index contributed by atoms with van der Waals surface area (Å²) < 4.78 is 3.19. The van der Waals surface area contributed by atoms with Gasteiger partial charge < -0.3 is 4.57 Å². The summed E-state index contributed by atoms with van der Waals surface area (Å²) in [6.07, 6.45) is 5.85. The van der Waals surface area contributed by atoms with Gasteiger partial charge >= 0.3 is 0 Å². The highest BCUT2D eigenvalue weighted by Gasteiger charge is 2.16.